The number of aryl methyl sites for hydroxylation is 4. The molecule has 4 aromatic rings. The Kier molecular flexibility index (Phi) is 5.15. The van der Waals surface area contributed by atoms with Crippen molar-refractivity contribution in [1.82, 2.24) is 19.7 Å². The van der Waals surface area contributed by atoms with Crippen LogP contribution >= 0.6 is 11.3 Å². The number of hydrogen-bond acceptors (Lipinski definition) is 5. The first-order valence-electron chi connectivity index (χ1n) is 9.63. The number of fused-ring (bicyclic) bond motifs is 1. The predicted octanol–water partition coefficient (Wildman–Crippen LogP) is 4.91. The topological polar surface area (TPSA) is 72.7 Å². The second kappa shape index (κ2) is 7.75. The first-order valence-corrected chi connectivity index (χ1v) is 10.5. The molecule has 3 aromatic heterocycles. The largest absolute Gasteiger partial charge is 0.298 e. The molecule has 1 amide bonds. The number of rotatable bonds is 5. The Morgan fingerprint density at radius 1 is 1.17 bits per heavy atom. The maximum Gasteiger partial charge on any atom is 0.258 e. The average molecular weight is 406 g/mol. The summed E-state index contributed by atoms with van der Waals surface area (Å²) < 4.78 is 1.71. The van der Waals surface area contributed by atoms with Gasteiger partial charge in [0.15, 0.2) is 10.8 Å². The highest BCUT2D eigenvalue weighted by atomic mass is 32.1. The van der Waals surface area contributed by atoms with Gasteiger partial charge >= 0.3 is 0 Å². The normalized spacial score (nSPS) is 11.2. The van der Waals surface area contributed by atoms with E-state index >= 15 is 0 Å². The van der Waals surface area contributed by atoms with Crippen molar-refractivity contribution < 1.29 is 4.79 Å². The van der Waals surface area contributed by atoms with Gasteiger partial charge in [0, 0.05) is 23.7 Å². The Morgan fingerprint density at radius 2 is 1.93 bits per heavy atom. The van der Waals surface area contributed by atoms with Gasteiger partial charge in [-0.3, -0.25) is 14.8 Å². The highest BCUT2D eigenvalue weighted by Crippen LogP contribution is 2.27. The number of hydrogen-bond donors (Lipinski definition) is 1. The van der Waals surface area contributed by atoms with E-state index in [0.717, 1.165) is 40.9 Å². The van der Waals surface area contributed by atoms with E-state index < -0.39 is 0 Å². The molecule has 148 valence electrons. The fraction of sp³-hybridized carbons (Fsp3) is 0.273. The number of benzene rings is 1. The average Bonchev–Trinajstić information content (AvgIpc) is 3.26. The lowest BCUT2D eigenvalue weighted by atomic mass is 10.1. The zero-order valence-corrected chi connectivity index (χ0v) is 17.8. The fourth-order valence-corrected chi connectivity index (χ4v) is 4.22. The van der Waals surface area contributed by atoms with E-state index in [0.29, 0.717) is 16.3 Å². The summed E-state index contributed by atoms with van der Waals surface area (Å²) in [5, 5.41) is 10.7. The monoisotopic (exact) mass is 405 g/mol. The van der Waals surface area contributed by atoms with E-state index in [4.69, 9.17) is 0 Å². The molecule has 0 aliphatic heterocycles. The van der Waals surface area contributed by atoms with Crippen LogP contribution in [0.2, 0.25) is 0 Å². The second-order valence-electron chi connectivity index (χ2n) is 7.16. The molecule has 0 unspecified atom stereocenters. The zero-order chi connectivity index (χ0) is 20.5. The second-order valence-corrected chi connectivity index (χ2v) is 8.02. The lowest BCUT2D eigenvalue weighted by Gasteiger charge is -2.06. The van der Waals surface area contributed by atoms with Gasteiger partial charge in [-0.2, -0.15) is 5.10 Å². The van der Waals surface area contributed by atoms with Crippen LogP contribution < -0.4 is 5.32 Å². The summed E-state index contributed by atoms with van der Waals surface area (Å²) in [7, 11) is 1.84. The first kappa shape index (κ1) is 19.3. The molecular weight excluding hydrogens is 382 g/mol. The number of nitrogens with one attached hydrogen (secondary N) is 1. The lowest BCUT2D eigenvalue weighted by molar-refractivity contribution is 0.102. The van der Waals surface area contributed by atoms with Gasteiger partial charge in [0.25, 0.3) is 5.91 Å². The molecule has 0 atom stereocenters. The van der Waals surface area contributed by atoms with E-state index in [1.807, 2.05) is 26.3 Å². The Morgan fingerprint density at radius 3 is 2.66 bits per heavy atom. The predicted molar refractivity (Wildman–Crippen MR) is 117 cm³/mol. The van der Waals surface area contributed by atoms with Gasteiger partial charge in [0.2, 0.25) is 0 Å². The number of pyridine rings is 1. The van der Waals surface area contributed by atoms with Crippen molar-refractivity contribution in [3.8, 4) is 11.3 Å². The summed E-state index contributed by atoms with van der Waals surface area (Å²) in [6.45, 7) is 5.94. The van der Waals surface area contributed by atoms with Crippen LogP contribution in [0.3, 0.4) is 0 Å². The minimum Gasteiger partial charge on any atom is -0.298 e. The Bertz CT molecular complexity index is 1190. The van der Waals surface area contributed by atoms with Crippen LogP contribution in [0.25, 0.3) is 22.3 Å². The molecule has 0 bridgehead atoms. The van der Waals surface area contributed by atoms with Gasteiger partial charge in [0.05, 0.1) is 22.3 Å². The molecule has 1 N–H and O–H groups in total. The molecule has 29 heavy (non-hydrogen) atoms. The molecule has 0 saturated carbocycles. The van der Waals surface area contributed by atoms with Crippen LogP contribution in [-0.2, 0) is 13.5 Å². The third-order valence-corrected chi connectivity index (χ3v) is 5.61. The SMILES string of the molecule is CCCc1ccc(-c2csc(NC(=O)c3cc(C)nc4c3c(C)nn4C)n2)cc1. The van der Waals surface area contributed by atoms with E-state index in [-0.39, 0.29) is 5.91 Å². The van der Waals surface area contributed by atoms with Crippen molar-refractivity contribution in [1.29, 1.82) is 0 Å². The molecule has 3 heterocycles. The number of nitrogens with zero attached hydrogens (tertiary/aromatic N) is 4. The van der Waals surface area contributed by atoms with Crippen LogP contribution in [0.15, 0.2) is 35.7 Å². The van der Waals surface area contributed by atoms with Gasteiger partial charge in [-0.25, -0.2) is 9.97 Å². The van der Waals surface area contributed by atoms with Crippen molar-refractivity contribution in [2.45, 2.75) is 33.6 Å². The van der Waals surface area contributed by atoms with Crippen molar-refractivity contribution >= 4 is 33.4 Å². The van der Waals surface area contributed by atoms with Crippen LogP contribution in [0, 0.1) is 13.8 Å². The summed E-state index contributed by atoms with van der Waals surface area (Å²) in [5.74, 6) is -0.198. The number of anilines is 1. The summed E-state index contributed by atoms with van der Waals surface area (Å²) >= 11 is 1.42. The maximum atomic E-state index is 13.0. The molecule has 0 saturated heterocycles. The fourth-order valence-electron chi connectivity index (χ4n) is 3.51. The molecule has 0 radical (unpaired) electrons. The molecule has 1 aromatic carbocycles. The molecule has 6 nitrogen and oxygen atoms in total. The molecule has 7 heteroatoms. The quantitative estimate of drug-likeness (QED) is 0.512. The van der Waals surface area contributed by atoms with Crippen molar-refractivity contribution in [3.63, 3.8) is 0 Å². The van der Waals surface area contributed by atoms with Gasteiger partial charge in [0.1, 0.15) is 0 Å². The number of aromatic nitrogens is 4. The van der Waals surface area contributed by atoms with Gasteiger partial charge < -0.3 is 0 Å². The van der Waals surface area contributed by atoms with Crippen LogP contribution in [0.5, 0.6) is 0 Å². The molecular formula is C22H23N5OS. The molecule has 0 aliphatic carbocycles. The number of amides is 1. The zero-order valence-electron chi connectivity index (χ0n) is 17.0. The summed E-state index contributed by atoms with van der Waals surface area (Å²) in [5.41, 5.74) is 6.07. The van der Waals surface area contributed by atoms with Crippen LogP contribution in [-0.4, -0.2) is 25.7 Å². The Balaban J connectivity index is 1.59. The summed E-state index contributed by atoms with van der Waals surface area (Å²) in [6.07, 6.45) is 2.20. The standard InChI is InChI=1S/C22H23N5OS/c1-5-6-15-7-9-16(10-8-15)18-12-29-22(24-18)25-21(28)17-11-13(2)23-20-19(17)14(3)26-27(20)4/h7-12H,5-6H2,1-4H3,(H,24,25,28). The van der Waals surface area contributed by atoms with Crippen molar-refractivity contribution in [2.24, 2.45) is 7.05 Å². The molecule has 0 aliphatic rings. The summed E-state index contributed by atoms with van der Waals surface area (Å²) in [4.78, 5) is 22.1. The summed E-state index contributed by atoms with van der Waals surface area (Å²) in [6, 6.07) is 10.2. The van der Waals surface area contributed by atoms with Crippen molar-refractivity contribution in [3.05, 3.63) is 58.2 Å². The van der Waals surface area contributed by atoms with Gasteiger partial charge in [-0.1, -0.05) is 37.6 Å². The number of carbonyl (C=O) groups is 1. The van der Waals surface area contributed by atoms with Gasteiger partial charge in [-0.05, 0) is 31.9 Å². The van der Waals surface area contributed by atoms with Crippen LogP contribution in [0.4, 0.5) is 5.13 Å². The molecule has 0 spiro atoms. The van der Waals surface area contributed by atoms with E-state index in [1.54, 1.807) is 10.7 Å². The molecule has 4 rings (SSSR count). The lowest BCUT2D eigenvalue weighted by Crippen LogP contribution is -2.13. The highest BCUT2D eigenvalue weighted by molar-refractivity contribution is 7.14. The minimum absolute atomic E-state index is 0.198. The third kappa shape index (κ3) is 3.78. The Labute approximate surface area is 173 Å². The van der Waals surface area contributed by atoms with Crippen molar-refractivity contribution in [2.75, 3.05) is 5.32 Å². The van der Waals surface area contributed by atoms with Crippen LogP contribution in [0.1, 0.15) is 40.7 Å². The van der Waals surface area contributed by atoms with E-state index in [9.17, 15) is 4.79 Å². The van der Waals surface area contributed by atoms with Gasteiger partial charge in [-0.15, -0.1) is 11.3 Å². The maximum absolute atomic E-state index is 13.0. The van der Waals surface area contributed by atoms with E-state index in [2.05, 4.69) is 51.6 Å². The molecule has 0 fully saturated rings. The Hall–Kier alpha value is -3.06. The minimum atomic E-state index is -0.198. The first-order chi connectivity index (χ1) is 14.0. The smallest absolute Gasteiger partial charge is 0.258 e. The number of thiazole rings is 1. The number of carbonyl (C=O) groups excluding carboxylic acids is 1. The third-order valence-electron chi connectivity index (χ3n) is 4.85. The van der Waals surface area contributed by atoms with E-state index in [1.165, 1.54) is 16.9 Å². The highest BCUT2D eigenvalue weighted by Gasteiger charge is 2.19.